The summed E-state index contributed by atoms with van der Waals surface area (Å²) < 4.78 is 5.51. The Morgan fingerprint density at radius 2 is 2.16 bits per heavy atom. The lowest BCUT2D eigenvalue weighted by Gasteiger charge is -2.16. The number of nitrogens with one attached hydrogen (secondary N) is 1. The van der Waals surface area contributed by atoms with Crippen LogP contribution in [0.25, 0.3) is 0 Å². The van der Waals surface area contributed by atoms with Crippen LogP contribution in [0, 0.1) is 0 Å². The topological polar surface area (TPSA) is 58.6 Å². The van der Waals surface area contributed by atoms with E-state index in [0.717, 1.165) is 6.42 Å². The molecule has 2 N–H and O–H groups in total. The van der Waals surface area contributed by atoms with Crippen molar-refractivity contribution < 1.29 is 14.6 Å². The van der Waals surface area contributed by atoms with E-state index in [-0.39, 0.29) is 5.91 Å². The van der Waals surface area contributed by atoms with Gasteiger partial charge < -0.3 is 15.2 Å². The molecule has 0 saturated heterocycles. The molecule has 1 amide bonds. The number of hydrogen-bond acceptors (Lipinski definition) is 3. The molecule has 4 nitrogen and oxygen atoms in total. The summed E-state index contributed by atoms with van der Waals surface area (Å²) in [5.74, 6) is 0.266. The van der Waals surface area contributed by atoms with Crippen molar-refractivity contribution in [2.24, 2.45) is 0 Å². The minimum Gasteiger partial charge on any atom is -0.479 e. The van der Waals surface area contributed by atoms with Gasteiger partial charge >= 0.3 is 0 Å². The molecule has 0 aliphatic rings. The highest BCUT2D eigenvalue weighted by atomic mass is 35.5. The van der Waals surface area contributed by atoms with Crippen molar-refractivity contribution in [2.45, 2.75) is 39.4 Å². The van der Waals surface area contributed by atoms with Gasteiger partial charge in [-0.1, -0.05) is 24.6 Å². The van der Waals surface area contributed by atoms with Gasteiger partial charge in [0.1, 0.15) is 5.75 Å². The van der Waals surface area contributed by atoms with Crippen molar-refractivity contribution in [3.05, 3.63) is 28.8 Å². The van der Waals surface area contributed by atoms with Gasteiger partial charge in [0.2, 0.25) is 0 Å². The summed E-state index contributed by atoms with van der Waals surface area (Å²) in [6, 6.07) is 5.02. The van der Waals surface area contributed by atoms with Crippen LogP contribution in [0.4, 0.5) is 0 Å². The minimum atomic E-state index is -0.610. The Morgan fingerprint density at radius 1 is 1.47 bits per heavy atom. The first-order chi connectivity index (χ1) is 8.95. The average molecular weight is 286 g/mol. The van der Waals surface area contributed by atoms with Crippen molar-refractivity contribution >= 4 is 17.5 Å². The number of aliphatic hydroxyl groups excluding tert-OH is 1. The van der Waals surface area contributed by atoms with Gasteiger partial charge in [-0.2, -0.15) is 0 Å². The molecule has 19 heavy (non-hydrogen) atoms. The highest BCUT2D eigenvalue weighted by molar-refractivity contribution is 6.32. The quantitative estimate of drug-likeness (QED) is 0.845. The smallest absolute Gasteiger partial charge is 0.260 e. The lowest BCUT2D eigenvalue weighted by Crippen LogP contribution is -2.36. The number of halogens is 1. The molecule has 0 heterocycles. The molecule has 1 rings (SSSR count). The largest absolute Gasteiger partial charge is 0.479 e. The number of ether oxygens (including phenoxy) is 1. The van der Waals surface area contributed by atoms with E-state index < -0.39 is 12.2 Å². The van der Waals surface area contributed by atoms with Gasteiger partial charge in [-0.3, -0.25) is 4.79 Å². The number of carbonyl (C=O) groups excluding carboxylic acids is 1. The van der Waals surface area contributed by atoms with E-state index in [9.17, 15) is 9.90 Å². The minimum absolute atomic E-state index is 0.169. The normalized spacial score (nSPS) is 13.7. The Morgan fingerprint density at radius 3 is 2.68 bits per heavy atom. The lowest BCUT2D eigenvalue weighted by molar-refractivity contribution is -0.127. The van der Waals surface area contributed by atoms with Gasteiger partial charge in [-0.15, -0.1) is 0 Å². The molecule has 0 fully saturated rings. The van der Waals surface area contributed by atoms with Gasteiger partial charge in [0.15, 0.2) is 6.10 Å². The SMILES string of the molecule is CCCNC(=O)C(C)Oc1ccc([C@H](C)O)cc1Cl. The summed E-state index contributed by atoms with van der Waals surface area (Å²) >= 11 is 6.06. The molecule has 0 aromatic heterocycles. The van der Waals surface area contributed by atoms with Crippen molar-refractivity contribution in [3.8, 4) is 5.75 Å². The molecule has 2 atom stereocenters. The highest BCUT2D eigenvalue weighted by Crippen LogP contribution is 2.28. The molecule has 0 spiro atoms. The van der Waals surface area contributed by atoms with E-state index in [2.05, 4.69) is 5.32 Å². The predicted octanol–water partition coefficient (Wildman–Crippen LogP) is 2.69. The Labute approximate surface area is 118 Å². The lowest BCUT2D eigenvalue weighted by atomic mass is 10.1. The highest BCUT2D eigenvalue weighted by Gasteiger charge is 2.16. The number of hydrogen-bond donors (Lipinski definition) is 2. The maximum atomic E-state index is 11.7. The second-order valence-corrected chi connectivity index (χ2v) is 4.82. The second-order valence-electron chi connectivity index (χ2n) is 4.42. The number of rotatable bonds is 6. The predicted molar refractivity (Wildman–Crippen MR) is 75.5 cm³/mol. The van der Waals surface area contributed by atoms with E-state index in [1.165, 1.54) is 0 Å². The van der Waals surface area contributed by atoms with Crippen LogP contribution in [0.3, 0.4) is 0 Å². The van der Waals surface area contributed by atoms with Gasteiger partial charge in [0, 0.05) is 6.54 Å². The van der Waals surface area contributed by atoms with Crippen molar-refractivity contribution in [2.75, 3.05) is 6.54 Å². The Balaban J connectivity index is 2.69. The van der Waals surface area contributed by atoms with Gasteiger partial charge in [0.25, 0.3) is 5.91 Å². The summed E-state index contributed by atoms with van der Waals surface area (Å²) in [4.78, 5) is 11.7. The molecule has 1 aromatic rings. The van der Waals surface area contributed by atoms with Crippen LogP contribution in [0.2, 0.25) is 5.02 Å². The van der Waals surface area contributed by atoms with Gasteiger partial charge in [0.05, 0.1) is 11.1 Å². The van der Waals surface area contributed by atoms with E-state index in [1.807, 2.05) is 6.92 Å². The average Bonchev–Trinajstić information content (AvgIpc) is 2.37. The summed E-state index contributed by atoms with van der Waals surface area (Å²) in [5, 5.41) is 12.6. The molecular formula is C14H20ClNO3. The summed E-state index contributed by atoms with van der Waals surface area (Å²) in [6.07, 6.45) is -0.319. The standard InChI is InChI=1S/C14H20ClNO3/c1-4-7-16-14(18)10(3)19-13-6-5-11(9(2)17)8-12(13)15/h5-6,8-10,17H,4,7H2,1-3H3,(H,16,18)/t9-,10?/m0/s1. The third-order valence-corrected chi connectivity index (χ3v) is 2.96. The van der Waals surface area contributed by atoms with E-state index >= 15 is 0 Å². The van der Waals surface area contributed by atoms with E-state index in [4.69, 9.17) is 16.3 Å². The monoisotopic (exact) mass is 285 g/mol. The van der Waals surface area contributed by atoms with Gasteiger partial charge in [-0.25, -0.2) is 0 Å². The maximum Gasteiger partial charge on any atom is 0.260 e. The number of benzene rings is 1. The molecule has 106 valence electrons. The summed E-state index contributed by atoms with van der Waals surface area (Å²) in [6.45, 7) is 5.94. The van der Waals surface area contributed by atoms with E-state index in [1.54, 1.807) is 32.0 Å². The maximum absolute atomic E-state index is 11.7. The van der Waals surface area contributed by atoms with Crippen LogP contribution >= 0.6 is 11.6 Å². The molecule has 0 aliphatic carbocycles. The van der Waals surface area contributed by atoms with Crippen molar-refractivity contribution in [1.82, 2.24) is 5.32 Å². The second kappa shape index (κ2) is 7.36. The molecule has 1 unspecified atom stereocenters. The van der Waals surface area contributed by atoms with Crippen LogP contribution in [0.15, 0.2) is 18.2 Å². The first-order valence-electron chi connectivity index (χ1n) is 6.37. The van der Waals surface area contributed by atoms with Crippen LogP contribution in [0.5, 0.6) is 5.75 Å². The van der Waals surface area contributed by atoms with E-state index in [0.29, 0.717) is 22.9 Å². The molecule has 0 bridgehead atoms. The van der Waals surface area contributed by atoms with Crippen LogP contribution in [-0.2, 0) is 4.79 Å². The van der Waals surface area contributed by atoms with Crippen LogP contribution < -0.4 is 10.1 Å². The zero-order valence-corrected chi connectivity index (χ0v) is 12.2. The fraction of sp³-hybridized carbons (Fsp3) is 0.500. The fourth-order valence-electron chi connectivity index (χ4n) is 1.51. The number of aliphatic hydroxyl groups is 1. The fourth-order valence-corrected chi connectivity index (χ4v) is 1.74. The number of carbonyl (C=O) groups is 1. The summed E-state index contributed by atoms with van der Waals surface area (Å²) in [5.41, 5.74) is 0.709. The van der Waals surface area contributed by atoms with Crippen molar-refractivity contribution in [1.29, 1.82) is 0 Å². The molecule has 5 heteroatoms. The third kappa shape index (κ3) is 4.73. The first-order valence-corrected chi connectivity index (χ1v) is 6.75. The van der Waals surface area contributed by atoms with Gasteiger partial charge in [-0.05, 0) is 38.0 Å². The number of amides is 1. The molecule has 0 saturated carbocycles. The molecule has 0 radical (unpaired) electrons. The Kier molecular flexibility index (Phi) is 6.12. The summed E-state index contributed by atoms with van der Waals surface area (Å²) in [7, 11) is 0. The molecule has 0 aliphatic heterocycles. The first kappa shape index (κ1) is 15.8. The molecule has 1 aromatic carbocycles. The van der Waals surface area contributed by atoms with Crippen molar-refractivity contribution in [3.63, 3.8) is 0 Å². The third-order valence-electron chi connectivity index (χ3n) is 2.66. The van der Waals surface area contributed by atoms with Crippen LogP contribution in [0.1, 0.15) is 38.9 Å². The zero-order valence-electron chi connectivity index (χ0n) is 11.4. The Hall–Kier alpha value is -1.26. The Bertz CT molecular complexity index is 435. The van der Waals surface area contributed by atoms with Crippen LogP contribution in [-0.4, -0.2) is 23.7 Å². The molecular weight excluding hydrogens is 266 g/mol. The zero-order chi connectivity index (χ0) is 14.4.